The number of hydrogen-bond acceptors (Lipinski definition) is 5. The molecule has 5 rings (SSSR count). The quantitative estimate of drug-likeness (QED) is 0.480. The summed E-state index contributed by atoms with van der Waals surface area (Å²) in [4.78, 5) is 29.9. The number of para-hydroxylation sites is 1. The second kappa shape index (κ2) is 5.00. The molecule has 0 aliphatic heterocycles. The number of hydrogen-bond donors (Lipinski definition) is 0. The van der Waals surface area contributed by atoms with Gasteiger partial charge in [-0.2, -0.15) is 0 Å². The van der Waals surface area contributed by atoms with E-state index in [9.17, 15) is 9.59 Å². The summed E-state index contributed by atoms with van der Waals surface area (Å²) in [5, 5.41) is 1.71. The number of Topliss-reactive ketones (excluding diaryl/α,β-unsaturated/α-hetero) is 2. The molecule has 0 radical (unpaired) electrons. The number of rotatable bonds is 2. The number of ketones is 2. The van der Waals surface area contributed by atoms with Crippen molar-refractivity contribution in [3.05, 3.63) is 65.7 Å². The van der Waals surface area contributed by atoms with Gasteiger partial charge < -0.3 is 0 Å². The van der Waals surface area contributed by atoms with Gasteiger partial charge in [0.25, 0.3) is 0 Å². The highest BCUT2D eigenvalue weighted by atomic mass is 32.2. The molecule has 0 saturated carbocycles. The average molecular weight is 347 g/mol. The molecule has 0 saturated heterocycles. The summed E-state index contributed by atoms with van der Waals surface area (Å²) in [6.07, 6.45) is 0. The summed E-state index contributed by atoms with van der Waals surface area (Å²) in [5.74, 6) is -0.810. The molecule has 0 atom stereocenters. The maximum Gasteiger partial charge on any atom is 0.234 e. The van der Waals surface area contributed by atoms with E-state index in [0.29, 0.717) is 11.1 Å². The molecule has 1 aliphatic rings. The molecule has 0 amide bonds. The van der Waals surface area contributed by atoms with Crippen molar-refractivity contribution in [2.24, 2.45) is 0 Å². The first-order valence-corrected chi connectivity index (χ1v) is 9.04. The lowest BCUT2D eigenvalue weighted by atomic mass is 10.1. The lowest BCUT2D eigenvalue weighted by Crippen LogP contribution is -2.05. The van der Waals surface area contributed by atoms with Crippen molar-refractivity contribution < 1.29 is 9.59 Å². The van der Waals surface area contributed by atoms with E-state index in [-0.39, 0.29) is 0 Å². The maximum absolute atomic E-state index is 12.1. The van der Waals surface area contributed by atoms with Gasteiger partial charge in [0, 0.05) is 21.4 Å². The standard InChI is InChI=1S/C19H9NO2S2/c21-17-11-5-3-4-10-14(9-8-12(16(10)11)18(17)22)23-19-20-13-6-1-2-7-15(13)24-19/h1-9H. The van der Waals surface area contributed by atoms with Crippen LogP contribution in [0.15, 0.2) is 63.8 Å². The highest BCUT2D eigenvalue weighted by Gasteiger charge is 2.31. The second-order valence-corrected chi connectivity index (χ2v) is 7.87. The fourth-order valence-electron chi connectivity index (χ4n) is 3.08. The zero-order valence-corrected chi connectivity index (χ0v) is 13.9. The molecule has 0 unspecified atom stereocenters. The highest BCUT2D eigenvalue weighted by molar-refractivity contribution is 8.01. The molecule has 0 N–H and O–H groups in total. The van der Waals surface area contributed by atoms with Crippen LogP contribution in [-0.2, 0) is 0 Å². The van der Waals surface area contributed by atoms with Crippen LogP contribution in [0.1, 0.15) is 20.7 Å². The summed E-state index contributed by atoms with van der Waals surface area (Å²) in [6, 6.07) is 17.2. The van der Waals surface area contributed by atoms with Gasteiger partial charge in [0.1, 0.15) is 0 Å². The number of thiazole rings is 1. The van der Waals surface area contributed by atoms with Crippen LogP contribution in [0.2, 0.25) is 0 Å². The van der Waals surface area contributed by atoms with Crippen LogP contribution in [0.25, 0.3) is 21.0 Å². The number of aromatic nitrogens is 1. The molecule has 3 aromatic carbocycles. The van der Waals surface area contributed by atoms with Crippen LogP contribution in [0.4, 0.5) is 0 Å². The molecule has 24 heavy (non-hydrogen) atoms. The van der Waals surface area contributed by atoms with Gasteiger partial charge >= 0.3 is 0 Å². The molecule has 5 heteroatoms. The van der Waals surface area contributed by atoms with Crippen LogP contribution >= 0.6 is 23.1 Å². The Morgan fingerprint density at radius 2 is 1.62 bits per heavy atom. The van der Waals surface area contributed by atoms with Crippen molar-refractivity contribution in [2.45, 2.75) is 9.24 Å². The number of benzene rings is 3. The van der Waals surface area contributed by atoms with Gasteiger partial charge in [-0.25, -0.2) is 4.98 Å². The normalized spacial score (nSPS) is 13.3. The van der Waals surface area contributed by atoms with E-state index >= 15 is 0 Å². The topological polar surface area (TPSA) is 47.0 Å². The summed E-state index contributed by atoms with van der Waals surface area (Å²) in [6.45, 7) is 0. The number of carbonyl (C=O) groups excluding carboxylic acids is 2. The molecule has 0 spiro atoms. The largest absolute Gasteiger partial charge is 0.285 e. The fraction of sp³-hybridized carbons (Fsp3) is 0. The summed E-state index contributed by atoms with van der Waals surface area (Å²) in [7, 11) is 0. The molecule has 1 aromatic heterocycles. The van der Waals surface area contributed by atoms with E-state index in [4.69, 9.17) is 0 Å². The van der Waals surface area contributed by atoms with Crippen molar-refractivity contribution in [2.75, 3.05) is 0 Å². The van der Waals surface area contributed by atoms with E-state index in [2.05, 4.69) is 11.1 Å². The first-order chi connectivity index (χ1) is 11.7. The molecule has 0 bridgehead atoms. The van der Waals surface area contributed by atoms with Gasteiger partial charge in [-0.05, 0) is 29.7 Å². The van der Waals surface area contributed by atoms with Gasteiger partial charge in [0.05, 0.1) is 10.2 Å². The molecule has 3 nitrogen and oxygen atoms in total. The number of nitrogens with zero attached hydrogens (tertiary/aromatic N) is 1. The highest BCUT2D eigenvalue weighted by Crippen LogP contribution is 2.41. The molecule has 1 aliphatic carbocycles. The molecular formula is C19H9NO2S2. The SMILES string of the molecule is O=C1C(=O)c2ccc(Sc3nc4ccccc4s3)c3cccc1c23. The molecule has 4 aromatic rings. The number of carbonyl (C=O) groups is 2. The monoisotopic (exact) mass is 347 g/mol. The Bertz CT molecular complexity index is 1120. The van der Waals surface area contributed by atoms with Gasteiger partial charge in [0.15, 0.2) is 4.34 Å². The minimum absolute atomic E-state index is 0.405. The van der Waals surface area contributed by atoms with E-state index in [0.717, 1.165) is 30.2 Å². The Hall–Kier alpha value is -2.50. The van der Waals surface area contributed by atoms with Crippen LogP contribution in [0, 0.1) is 0 Å². The third-order valence-electron chi connectivity index (χ3n) is 4.17. The van der Waals surface area contributed by atoms with E-state index < -0.39 is 11.6 Å². The minimum Gasteiger partial charge on any atom is -0.285 e. The van der Waals surface area contributed by atoms with Crippen LogP contribution in [0.3, 0.4) is 0 Å². The van der Waals surface area contributed by atoms with Gasteiger partial charge in [0.2, 0.25) is 11.6 Å². The van der Waals surface area contributed by atoms with E-state index in [1.807, 2.05) is 36.4 Å². The average Bonchev–Trinajstić information content (AvgIpc) is 3.12. The van der Waals surface area contributed by atoms with Crippen molar-refractivity contribution >= 4 is 55.7 Å². The lowest BCUT2D eigenvalue weighted by Gasteiger charge is -2.05. The second-order valence-electron chi connectivity index (χ2n) is 5.55. The van der Waals surface area contributed by atoms with Gasteiger partial charge in [-0.3, -0.25) is 9.59 Å². The molecule has 114 valence electrons. The maximum atomic E-state index is 12.1. The Morgan fingerprint density at radius 1 is 0.833 bits per heavy atom. The van der Waals surface area contributed by atoms with Crippen molar-refractivity contribution in [1.82, 2.24) is 4.98 Å². The zero-order valence-electron chi connectivity index (χ0n) is 12.3. The Morgan fingerprint density at radius 3 is 2.46 bits per heavy atom. The van der Waals surface area contributed by atoms with Crippen molar-refractivity contribution in [1.29, 1.82) is 0 Å². The van der Waals surface area contributed by atoms with E-state index in [1.165, 1.54) is 0 Å². The Kier molecular flexibility index (Phi) is 2.89. The zero-order chi connectivity index (χ0) is 16.3. The van der Waals surface area contributed by atoms with Crippen molar-refractivity contribution in [3.63, 3.8) is 0 Å². The van der Waals surface area contributed by atoms with Crippen molar-refractivity contribution in [3.8, 4) is 0 Å². The predicted octanol–water partition coefficient (Wildman–Crippen LogP) is 4.98. The number of fused-ring (bicyclic) bond motifs is 1. The fourth-order valence-corrected chi connectivity index (χ4v) is 5.23. The first-order valence-electron chi connectivity index (χ1n) is 7.40. The van der Waals surface area contributed by atoms with Crippen LogP contribution < -0.4 is 0 Å². The van der Waals surface area contributed by atoms with Crippen LogP contribution in [-0.4, -0.2) is 16.6 Å². The Labute approximate surface area is 145 Å². The first kappa shape index (κ1) is 13.9. The smallest absolute Gasteiger partial charge is 0.234 e. The third-order valence-corrected chi connectivity index (χ3v) is 6.34. The summed E-state index contributed by atoms with van der Waals surface area (Å²) in [5.41, 5.74) is 2.01. The van der Waals surface area contributed by atoms with E-state index in [1.54, 1.807) is 35.2 Å². The van der Waals surface area contributed by atoms with Crippen LogP contribution in [0.5, 0.6) is 0 Å². The predicted molar refractivity (Wildman–Crippen MR) is 96.4 cm³/mol. The third kappa shape index (κ3) is 1.89. The van der Waals surface area contributed by atoms with Gasteiger partial charge in [-0.1, -0.05) is 42.1 Å². The Balaban J connectivity index is 1.68. The lowest BCUT2D eigenvalue weighted by molar-refractivity contribution is 0.0825. The minimum atomic E-state index is -0.405. The molecule has 1 heterocycles. The molecular weight excluding hydrogens is 338 g/mol. The summed E-state index contributed by atoms with van der Waals surface area (Å²) < 4.78 is 2.10. The molecule has 0 fully saturated rings. The summed E-state index contributed by atoms with van der Waals surface area (Å²) >= 11 is 3.22. The van der Waals surface area contributed by atoms with Gasteiger partial charge in [-0.15, -0.1) is 11.3 Å².